The van der Waals surface area contributed by atoms with Gasteiger partial charge >= 0.3 is 12.4 Å². The number of benzene rings is 4. The van der Waals surface area contributed by atoms with E-state index in [-0.39, 0.29) is 46.4 Å². The van der Waals surface area contributed by atoms with Crippen molar-refractivity contribution in [1.82, 2.24) is 9.88 Å². The van der Waals surface area contributed by atoms with E-state index in [1.165, 1.54) is 6.20 Å². The molecule has 1 heterocycles. The molecule has 1 unspecified atom stereocenters. The highest BCUT2D eigenvalue weighted by molar-refractivity contribution is 7.90. The molecule has 1 saturated carbocycles. The van der Waals surface area contributed by atoms with Crippen LogP contribution in [0.1, 0.15) is 86.9 Å². The van der Waals surface area contributed by atoms with Gasteiger partial charge in [-0.2, -0.15) is 26.3 Å². The van der Waals surface area contributed by atoms with E-state index < -0.39 is 81.1 Å². The second-order valence-electron chi connectivity index (χ2n) is 15.7. The average molecular weight is 1080 g/mol. The van der Waals surface area contributed by atoms with Crippen LogP contribution < -0.4 is 14.4 Å². The van der Waals surface area contributed by atoms with Gasteiger partial charge in [0.05, 0.1) is 62.3 Å². The second kappa shape index (κ2) is 23.4. The Kier molecular flexibility index (Phi) is 19.0. The molecule has 1 atom stereocenters. The summed E-state index contributed by atoms with van der Waals surface area (Å²) in [5.41, 5.74) is -0.503. The van der Waals surface area contributed by atoms with Crippen LogP contribution in [0.15, 0.2) is 88.4 Å². The maximum Gasteiger partial charge on any atom is 0.416 e. The molecule has 6 rings (SSSR count). The number of ether oxygens (including phenoxy) is 2. The summed E-state index contributed by atoms with van der Waals surface area (Å²) in [4.78, 5) is 48.1. The van der Waals surface area contributed by atoms with Crippen molar-refractivity contribution in [1.29, 1.82) is 0 Å². The number of aryl methyl sites for hydroxylation is 2. The number of carbonyl (C=O) groups excluding carboxylic acids is 3. The minimum atomic E-state index is -4.71. The van der Waals surface area contributed by atoms with Gasteiger partial charge < -0.3 is 18.9 Å². The fourth-order valence-electron chi connectivity index (χ4n) is 6.75. The van der Waals surface area contributed by atoms with E-state index in [9.17, 15) is 67.7 Å². The van der Waals surface area contributed by atoms with E-state index >= 15 is 0 Å². The number of nitro groups is 1. The van der Waals surface area contributed by atoms with E-state index in [4.69, 9.17) is 37.2 Å². The van der Waals surface area contributed by atoms with Crippen molar-refractivity contribution in [2.24, 2.45) is 0 Å². The summed E-state index contributed by atoms with van der Waals surface area (Å²) in [6, 6.07) is 13.2. The van der Waals surface area contributed by atoms with Crippen molar-refractivity contribution in [3.05, 3.63) is 139 Å². The molecule has 1 N–H and O–H groups in total. The molecule has 1 aliphatic rings. The number of rotatable bonds is 15. The lowest BCUT2D eigenvalue weighted by molar-refractivity contribution is -0.385. The zero-order chi connectivity index (χ0) is 53.4. The Labute approximate surface area is 413 Å². The van der Waals surface area contributed by atoms with Crippen LogP contribution in [0.25, 0.3) is 0 Å². The van der Waals surface area contributed by atoms with Crippen LogP contribution in [0, 0.1) is 17.0 Å². The summed E-state index contributed by atoms with van der Waals surface area (Å²) < 4.78 is 140. The van der Waals surface area contributed by atoms with Crippen LogP contribution in [0.4, 0.5) is 37.7 Å². The molecular weight excluding hydrogens is 1040 g/mol. The molecule has 4 aromatic carbocycles. The summed E-state index contributed by atoms with van der Waals surface area (Å²) in [7, 11) is -6.41. The number of carbonyl (C=O) groups is 3. The molecule has 0 saturated heterocycles. The number of hydrogen-bond acceptors (Lipinski definition) is 13. The van der Waals surface area contributed by atoms with Crippen molar-refractivity contribution in [2.75, 3.05) is 37.0 Å². The molecule has 1 fully saturated rings. The van der Waals surface area contributed by atoms with Gasteiger partial charge in [-0.25, -0.2) is 21.6 Å². The number of sulfone groups is 1. The van der Waals surface area contributed by atoms with Crippen LogP contribution in [0.5, 0.6) is 11.5 Å². The Balaban J connectivity index is 0.000000236. The van der Waals surface area contributed by atoms with E-state index in [2.05, 4.69) is 18.1 Å². The van der Waals surface area contributed by atoms with Gasteiger partial charge in [-0.15, -0.1) is 11.6 Å². The number of aromatic nitrogens is 1. The molecule has 5 aromatic rings. The lowest BCUT2D eigenvalue weighted by Crippen LogP contribution is -2.43. The van der Waals surface area contributed by atoms with Crippen molar-refractivity contribution < 1.29 is 76.5 Å². The maximum absolute atomic E-state index is 12.8. The predicted octanol–water partition coefficient (Wildman–Crippen LogP) is 10.1. The van der Waals surface area contributed by atoms with Gasteiger partial charge in [0.25, 0.3) is 11.6 Å². The topological polar surface area (TPSA) is 222 Å². The summed E-state index contributed by atoms with van der Waals surface area (Å²) in [6.45, 7) is 6.56. The van der Waals surface area contributed by atoms with Crippen LogP contribution >= 0.6 is 23.2 Å². The molecule has 71 heavy (non-hydrogen) atoms. The molecule has 0 bridgehead atoms. The molecule has 1 aliphatic carbocycles. The second-order valence-corrected chi connectivity index (χ2v) is 20.1. The zero-order valence-electron chi connectivity index (χ0n) is 38.3. The number of amides is 2. The Hall–Kier alpha value is -6.08. The zero-order valence-corrected chi connectivity index (χ0v) is 41.4. The number of methoxy groups -OCH3 is 1. The number of nitrogens with one attached hydrogen (secondary N) is 1. The summed E-state index contributed by atoms with van der Waals surface area (Å²) in [5.74, 6) is -2.11. The normalized spacial score (nSPS) is 13.2. The predicted molar refractivity (Wildman–Crippen MR) is 248 cm³/mol. The molecule has 2 amide bonds. The Morgan fingerprint density at radius 1 is 0.930 bits per heavy atom. The highest BCUT2D eigenvalue weighted by Gasteiger charge is 2.37. The number of alkyl halides is 7. The summed E-state index contributed by atoms with van der Waals surface area (Å²) in [5, 5.41) is 14.2. The molecule has 0 spiro atoms. The monoisotopic (exact) mass is 1080 g/mol. The standard InChI is InChI=1S/C15H10ClF3N2O6S.C15H22ClNO2.C15H12F3NO4S/c1-28(25,26)20-14(22)10-7-9(3-4-12(10)21(23)24)27-13-5-2-8(6-11(13)16)15(17,18)19;1-5-13-8-6-7-11(2)15(13)17(14(18)9-16)12(3)10-19-4;1-24(21,22)12-6-9(15(16,17)18)4-5-10(12)13(20)11-7-19-23-14(11)8-2-3-8/h2-7H,1H3,(H,20,22);6-8,12H,5,9-10H2,1-4H3;4-8H,2-3H2,1H3. The van der Waals surface area contributed by atoms with E-state index in [0.717, 1.165) is 72.7 Å². The Bertz CT molecular complexity index is 3020. The molecule has 26 heteroatoms. The third-order valence-corrected chi connectivity index (χ3v) is 12.3. The summed E-state index contributed by atoms with van der Waals surface area (Å²) >= 11 is 11.5. The fraction of sp³-hybridized carbons (Fsp3) is 0.333. The number of nitrogens with zero attached hydrogens (tertiary/aromatic N) is 3. The van der Waals surface area contributed by atoms with Gasteiger partial charge in [0, 0.05) is 37.0 Å². The number of hydrogen-bond donors (Lipinski definition) is 1. The van der Waals surface area contributed by atoms with Gasteiger partial charge in [0.2, 0.25) is 15.9 Å². The number of nitro benzene ring substituents is 1. The molecule has 16 nitrogen and oxygen atoms in total. The number of ketones is 1. The van der Waals surface area contributed by atoms with Crippen molar-refractivity contribution >= 4 is 72.0 Å². The minimum absolute atomic E-state index is 0.0223. The van der Waals surface area contributed by atoms with Crippen molar-refractivity contribution in [2.45, 2.75) is 69.2 Å². The first kappa shape index (κ1) is 57.5. The van der Waals surface area contributed by atoms with E-state index in [0.29, 0.717) is 42.9 Å². The van der Waals surface area contributed by atoms with E-state index in [1.54, 1.807) is 16.7 Å². The largest absolute Gasteiger partial charge is 0.456 e. The van der Waals surface area contributed by atoms with Crippen LogP contribution in [-0.4, -0.2) is 82.7 Å². The molecular formula is C45H44Cl2F6N4O12S2. The average Bonchev–Trinajstić information content (AvgIpc) is 4.01. The van der Waals surface area contributed by atoms with Gasteiger partial charge in [-0.05, 0) is 86.7 Å². The van der Waals surface area contributed by atoms with Gasteiger partial charge in [0.1, 0.15) is 22.9 Å². The van der Waals surface area contributed by atoms with E-state index in [1.807, 2.05) is 26.0 Å². The Morgan fingerprint density at radius 2 is 1.55 bits per heavy atom. The van der Waals surface area contributed by atoms with Crippen molar-refractivity contribution in [3.63, 3.8) is 0 Å². The first-order valence-electron chi connectivity index (χ1n) is 20.6. The number of anilines is 1. The maximum atomic E-state index is 12.8. The third-order valence-electron chi connectivity index (χ3n) is 10.1. The number of para-hydroxylation sites is 1. The first-order valence-corrected chi connectivity index (χ1v) is 25.3. The first-order chi connectivity index (χ1) is 32.9. The summed E-state index contributed by atoms with van der Waals surface area (Å²) in [6.07, 6.45) is -4.21. The molecule has 384 valence electrons. The number of sulfonamides is 1. The lowest BCUT2D eigenvalue weighted by atomic mass is 10.0. The lowest BCUT2D eigenvalue weighted by Gasteiger charge is -2.31. The Morgan fingerprint density at radius 3 is 2.07 bits per heavy atom. The third kappa shape index (κ3) is 15.5. The van der Waals surface area contributed by atoms with Gasteiger partial charge in [-0.1, -0.05) is 41.9 Å². The molecule has 0 aliphatic heterocycles. The van der Waals surface area contributed by atoms with Gasteiger partial charge in [0.15, 0.2) is 21.4 Å². The molecule has 1 aromatic heterocycles. The quantitative estimate of drug-likeness (QED) is 0.0339. The highest BCUT2D eigenvalue weighted by Crippen LogP contribution is 2.43. The smallest absolute Gasteiger partial charge is 0.416 e. The van der Waals surface area contributed by atoms with Crippen molar-refractivity contribution in [3.8, 4) is 11.5 Å². The van der Waals surface area contributed by atoms with Crippen LogP contribution in [0.2, 0.25) is 5.02 Å². The number of halogens is 8. The van der Waals surface area contributed by atoms with Crippen LogP contribution in [-0.2, 0) is 48.2 Å². The van der Waals surface area contributed by atoms with Crippen LogP contribution in [0.3, 0.4) is 0 Å². The SMILES string of the molecule is CCc1cccc(C)c1N(C(=O)CCl)C(C)COC.CS(=O)(=O)NC(=O)c1cc(Oc2ccc(C(F)(F)F)cc2Cl)ccc1[N+](=O)[O-].CS(=O)(=O)c1cc(C(F)(F)F)ccc1C(=O)c1cnoc1C1CC1. The highest BCUT2D eigenvalue weighted by atomic mass is 35.5. The minimum Gasteiger partial charge on any atom is -0.456 e. The fourth-order valence-corrected chi connectivity index (χ4v) is 8.44. The van der Waals surface area contributed by atoms with Gasteiger partial charge in [-0.3, -0.25) is 24.5 Å². The molecule has 0 radical (unpaired) electrons.